The number of nitrogens with one attached hydrogen (secondary N) is 1. The lowest BCUT2D eigenvalue weighted by molar-refractivity contribution is 0.0745. The molecule has 8 nitrogen and oxygen atoms in total. The summed E-state index contributed by atoms with van der Waals surface area (Å²) < 4.78 is 1.88. The Morgan fingerprint density at radius 3 is 2.48 bits per heavy atom. The number of rotatable bonds is 3. The van der Waals surface area contributed by atoms with Crippen LogP contribution in [0.25, 0.3) is 11.0 Å². The molecule has 0 radical (unpaired) electrons. The Morgan fingerprint density at radius 2 is 1.86 bits per heavy atom. The number of anilines is 1. The fraction of sp³-hybridized carbons (Fsp3) is 0.429. The van der Waals surface area contributed by atoms with Crippen molar-refractivity contribution in [1.82, 2.24) is 24.6 Å². The molecule has 152 valence electrons. The van der Waals surface area contributed by atoms with Crippen molar-refractivity contribution in [2.24, 2.45) is 0 Å². The van der Waals surface area contributed by atoms with Gasteiger partial charge in [-0.3, -0.25) is 14.7 Å². The fourth-order valence-corrected chi connectivity index (χ4v) is 4.07. The number of aromatic amines is 1. The van der Waals surface area contributed by atoms with Gasteiger partial charge in [-0.25, -0.2) is 4.98 Å². The van der Waals surface area contributed by atoms with Gasteiger partial charge in [0.1, 0.15) is 11.2 Å². The van der Waals surface area contributed by atoms with Gasteiger partial charge in [0.15, 0.2) is 0 Å². The monoisotopic (exact) mass is 394 g/mol. The lowest BCUT2D eigenvalue weighted by Crippen LogP contribution is -2.50. The minimum atomic E-state index is -0.244. The molecule has 4 heterocycles. The van der Waals surface area contributed by atoms with E-state index < -0.39 is 0 Å². The van der Waals surface area contributed by atoms with E-state index in [9.17, 15) is 9.59 Å². The second-order valence-electron chi connectivity index (χ2n) is 7.54. The molecule has 0 atom stereocenters. The number of hydrogen-bond acceptors (Lipinski definition) is 5. The zero-order valence-corrected chi connectivity index (χ0v) is 17.3. The van der Waals surface area contributed by atoms with Gasteiger partial charge < -0.3 is 14.4 Å². The summed E-state index contributed by atoms with van der Waals surface area (Å²) in [6.45, 7) is 11.1. The number of amides is 1. The van der Waals surface area contributed by atoms with E-state index in [-0.39, 0.29) is 16.9 Å². The Labute approximate surface area is 169 Å². The fourth-order valence-electron chi connectivity index (χ4n) is 4.07. The van der Waals surface area contributed by atoms with Crippen molar-refractivity contribution in [3.8, 4) is 0 Å². The van der Waals surface area contributed by atoms with E-state index in [2.05, 4.69) is 20.1 Å². The summed E-state index contributed by atoms with van der Waals surface area (Å²) in [5.74, 6) is -0.208. The van der Waals surface area contributed by atoms with Gasteiger partial charge in [-0.05, 0) is 39.8 Å². The van der Waals surface area contributed by atoms with Crippen LogP contribution in [-0.4, -0.2) is 56.7 Å². The summed E-state index contributed by atoms with van der Waals surface area (Å²) in [6.07, 6.45) is 1.66. The quantitative estimate of drug-likeness (QED) is 0.734. The summed E-state index contributed by atoms with van der Waals surface area (Å²) in [7, 11) is 0. The predicted octanol–water partition coefficient (Wildman–Crippen LogP) is 2.03. The van der Waals surface area contributed by atoms with Gasteiger partial charge in [0.25, 0.3) is 5.91 Å². The van der Waals surface area contributed by atoms with Gasteiger partial charge >= 0.3 is 0 Å². The number of nitrogens with zero attached hydrogens (tertiary/aromatic N) is 5. The van der Waals surface area contributed by atoms with Crippen molar-refractivity contribution in [3.63, 3.8) is 0 Å². The molecule has 0 aromatic carbocycles. The van der Waals surface area contributed by atoms with E-state index in [0.29, 0.717) is 43.8 Å². The van der Waals surface area contributed by atoms with Crippen molar-refractivity contribution in [3.05, 3.63) is 51.2 Å². The second kappa shape index (κ2) is 7.35. The number of piperazine rings is 1. The summed E-state index contributed by atoms with van der Waals surface area (Å²) >= 11 is 0. The normalized spacial score (nSPS) is 14.6. The molecule has 0 bridgehead atoms. The van der Waals surface area contributed by atoms with Gasteiger partial charge in [-0.15, -0.1) is 0 Å². The molecule has 4 rings (SSSR count). The average Bonchev–Trinajstić information content (AvgIpc) is 3.06. The molecular weight excluding hydrogens is 368 g/mol. The van der Waals surface area contributed by atoms with E-state index in [4.69, 9.17) is 0 Å². The highest BCUT2D eigenvalue weighted by Crippen LogP contribution is 2.23. The van der Waals surface area contributed by atoms with Crippen LogP contribution >= 0.6 is 0 Å². The molecule has 0 saturated carbocycles. The topological polar surface area (TPSA) is 87.1 Å². The molecule has 1 aliphatic rings. The highest BCUT2D eigenvalue weighted by Gasteiger charge is 2.27. The summed E-state index contributed by atoms with van der Waals surface area (Å²) in [4.78, 5) is 34.7. The summed E-state index contributed by atoms with van der Waals surface area (Å²) in [5.41, 5.74) is 4.55. The molecule has 3 aromatic heterocycles. The van der Waals surface area contributed by atoms with Crippen LogP contribution in [0.1, 0.15) is 34.4 Å². The third kappa shape index (κ3) is 3.28. The van der Waals surface area contributed by atoms with Crippen molar-refractivity contribution >= 4 is 22.6 Å². The molecular formula is C21H26N6O2. The highest BCUT2D eigenvalue weighted by atomic mass is 16.2. The van der Waals surface area contributed by atoms with Gasteiger partial charge in [0, 0.05) is 44.6 Å². The maximum atomic E-state index is 13.2. The van der Waals surface area contributed by atoms with Crippen LogP contribution in [0.15, 0.2) is 23.1 Å². The average molecular weight is 394 g/mol. The first kappa shape index (κ1) is 19.2. The van der Waals surface area contributed by atoms with Crippen LogP contribution in [0, 0.1) is 20.8 Å². The smallest absolute Gasteiger partial charge is 0.259 e. The minimum absolute atomic E-state index is 0.208. The predicted molar refractivity (Wildman–Crippen MR) is 113 cm³/mol. The molecule has 1 N–H and O–H groups in total. The Kier molecular flexibility index (Phi) is 4.86. The summed E-state index contributed by atoms with van der Waals surface area (Å²) in [6, 6.07) is 3.58. The van der Waals surface area contributed by atoms with Crippen LogP contribution in [0.4, 0.5) is 5.69 Å². The zero-order valence-electron chi connectivity index (χ0n) is 17.3. The van der Waals surface area contributed by atoms with Gasteiger partial charge in [-0.2, -0.15) is 5.10 Å². The van der Waals surface area contributed by atoms with Crippen molar-refractivity contribution < 1.29 is 4.79 Å². The number of hydrogen-bond donors (Lipinski definition) is 1. The van der Waals surface area contributed by atoms with E-state index >= 15 is 0 Å². The molecule has 1 aliphatic heterocycles. The standard InChI is InChI=1S/C21H26N6O2/c1-5-25-12-17(19(28)16-7-6-13(2)22-20(16)25)21(29)27-10-8-26(9-11-27)18-14(3)23-24-15(18)4/h6-7,12H,5,8-11H2,1-4H3,(H,23,24). The maximum Gasteiger partial charge on any atom is 0.259 e. The van der Waals surface area contributed by atoms with E-state index in [1.54, 1.807) is 17.2 Å². The minimum Gasteiger partial charge on any atom is -0.365 e. The SMILES string of the molecule is CCn1cc(C(=O)N2CCN(c3c(C)n[nH]c3C)CC2)c(=O)c2ccc(C)nc21. The lowest BCUT2D eigenvalue weighted by atomic mass is 10.1. The maximum absolute atomic E-state index is 13.2. The molecule has 3 aromatic rings. The van der Waals surface area contributed by atoms with Crippen molar-refractivity contribution in [1.29, 1.82) is 0 Å². The van der Waals surface area contributed by atoms with E-state index in [1.165, 1.54) is 0 Å². The molecule has 8 heteroatoms. The first-order valence-electron chi connectivity index (χ1n) is 9.97. The Bertz CT molecular complexity index is 1120. The number of carbonyl (C=O) groups excluding carboxylic acids is 1. The molecule has 0 aliphatic carbocycles. The largest absolute Gasteiger partial charge is 0.365 e. The van der Waals surface area contributed by atoms with Crippen molar-refractivity contribution in [2.45, 2.75) is 34.2 Å². The van der Waals surface area contributed by atoms with Crippen molar-refractivity contribution in [2.75, 3.05) is 31.1 Å². The highest BCUT2D eigenvalue weighted by molar-refractivity contribution is 5.97. The van der Waals surface area contributed by atoms with Gasteiger partial charge in [-0.1, -0.05) is 0 Å². The Morgan fingerprint density at radius 1 is 1.14 bits per heavy atom. The van der Waals surface area contributed by atoms with Crippen LogP contribution in [0.2, 0.25) is 0 Å². The number of carbonyl (C=O) groups is 1. The first-order valence-corrected chi connectivity index (χ1v) is 9.97. The number of pyridine rings is 2. The zero-order chi connectivity index (χ0) is 20.7. The molecule has 0 spiro atoms. The molecule has 1 saturated heterocycles. The summed E-state index contributed by atoms with van der Waals surface area (Å²) in [5, 5.41) is 7.77. The van der Waals surface area contributed by atoms with Gasteiger partial charge in [0.2, 0.25) is 5.43 Å². The molecule has 1 fully saturated rings. The molecule has 1 amide bonds. The second-order valence-corrected chi connectivity index (χ2v) is 7.54. The van der Waals surface area contributed by atoms with Crippen LogP contribution in [-0.2, 0) is 6.54 Å². The number of H-pyrrole nitrogens is 1. The van der Waals surface area contributed by atoms with Crippen LogP contribution < -0.4 is 10.3 Å². The van der Waals surface area contributed by atoms with E-state index in [0.717, 1.165) is 22.8 Å². The molecule has 29 heavy (non-hydrogen) atoms. The van der Waals surface area contributed by atoms with E-state index in [1.807, 2.05) is 38.3 Å². The number of aryl methyl sites for hydroxylation is 4. The lowest BCUT2D eigenvalue weighted by Gasteiger charge is -2.36. The third-order valence-corrected chi connectivity index (χ3v) is 5.60. The number of fused-ring (bicyclic) bond motifs is 1. The first-order chi connectivity index (χ1) is 13.9. The third-order valence-electron chi connectivity index (χ3n) is 5.60. The van der Waals surface area contributed by atoms with Crippen LogP contribution in [0.5, 0.6) is 0 Å². The van der Waals surface area contributed by atoms with Crippen LogP contribution in [0.3, 0.4) is 0 Å². The number of aromatic nitrogens is 4. The molecule has 0 unspecified atom stereocenters. The van der Waals surface area contributed by atoms with Gasteiger partial charge in [0.05, 0.1) is 22.5 Å². The Balaban J connectivity index is 1.61. The Hall–Kier alpha value is -3.16.